The molecule has 0 aromatic carbocycles. The lowest BCUT2D eigenvalue weighted by Gasteiger charge is -2.05. The lowest BCUT2D eigenvalue weighted by Crippen LogP contribution is -2.30. The van der Waals surface area contributed by atoms with Gasteiger partial charge in [-0.05, 0) is 19.1 Å². The number of H-pyrrole nitrogens is 1. The topological polar surface area (TPSA) is 67.8 Å². The van der Waals surface area contributed by atoms with Crippen molar-refractivity contribution in [3.8, 4) is 0 Å². The van der Waals surface area contributed by atoms with Crippen LogP contribution in [0.25, 0.3) is 0 Å². The second kappa shape index (κ2) is 4.55. The van der Waals surface area contributed by atoms with E-state index < -0.39 is 11.2 Å². The van der Waals surface area contributed by atoms with Gasteiger partial charge in [-0.25, -0.2) is 4.79 Å². The van der Waals surface area contributed by atoms with Crippen LogP contribution in [0.4, 0.5) is 0 Å². The number of hydrogen-bond donors (Lipinski definition) is 1. The van der Waals surface area contributed by atoms with Crippen LogP contribution >= 0.6 is 11.6 Å². The minimum Gasteiger partial charge on any atom is -0.293 e. The predicted octanol–water partition coefficient (Wildman–Crippen LogP) is 0.942. The zero-order chi connectivity index (χ0) is 12.4. The Balaban J connectivity index is 2.40. The number of aromatic nitrogens is 3. The van der Waals surface area contributed by atoms with Gasteiger partial charge in [-0.15, -0.1) is 0 Å². The van der Waals surface area contributed by atoms with E-state index in [1.54, 1.807) is 6.07 Å². The van der Waals surface area contributed by atoms with Crippen molar-refractivity contribution in [2.45, 2.75) is 13.5 Å². The predicted molar refractivity (Wildman–Crippen MR) is 64.4 cm³/mol. The Labute approximate surface area is 102 Å². The summed E-state index contributed by atoms with van der Waals surface area (Å²) in [5.41, 5.74) is 0.522. The number of nitrogens with one attached hydrogen (secondary N) is 1. The summed E-state index contributed by atoms with van der Waals surface area (Å²) in [7, 11) is 0. The van der Waals surface area contributed by atoms with Gasteiger partial charge in [-0.3, -0.25) is 19.3 Å². The summed E-state index contributed by atoms with van der Waals surface area (Å²) in [5, 5.41) is -0.0164. The van der Waals surface area contributed by atoms with Crippen molar-refractivity contribution >= 4 is 11.6 Å². The summed E-state index contributed by atoms with van der Waals surface area (Å²) < 4.78 is 1.31. The van der Waals surface area contributed by atoms with Crippen molar-refractivity contribution < 1.29 is 0 Å². The van der Waals surface area contributed by atoms with Gasteiger partial charge in [0, 0.05) is 11.9 Å². The molecule has 88 valence electrons. The molecular weight excluding hydrogens is 242 g/mol. The van der Waals surface area contributed by atoms with Gasteiger partial charge in [0.05, 0.1) is 12.2 Å². The third-order valence-corrected chi connectivity index (χ3v) is 2.51. The van der Waals surface area contributed by atoms with Gasteiger partial charge in [0.2, 0.25) is 0 Å². The fraction of sp³-hybridized carbons (Fsp3) is 0.182. The van der Waals surface area contributed by atoms with Crippen LogP contribution in [0.3, 0.4) is 0 Å². The van der Waals surface area contributed by atoms with Crippen molar-refractivity contribution in [3.63, 3.8) is 0 Å². The Bertz CT molecular complexity index is 660. The largest absolute Gasteiger partial charge is 0.328 e. The Hall–Kier alpha value is -1.88. The van der Waals surface area contributed by atoms with Crippen LogP contribution in [-0.4, -0.2) is 14.5 Å². The molecule has 0 amide bonds. The molecule has 0 aliphatic heterocycles. The first-order valence-corrected chi connectivity index (χ1v) is 5.36. The number of nitrogens with zero attached hydrogens (tertiary/aromatic N) is 2. The SMILES string of the molecule is Cc1cccc(Cn2cc(Cl)c(=O)[nH]c2=O)n1. The van der Waals surface area contributed by atoms with E-state index in [4.69, 9.17) is 11.6 Å². The molecule has 0 saturated heterocycles. The van der Waals surface area contributed by atoms with Crippen molar-refractivity contribution in [2.24, 2.45) is 0 Å². The monoisotopic (exact) mass is 251 g/mol. The third-order valence-electron chi connectivity index (χ3n) is 2.25. The lowest BCUT2D eigenvalue weighted by molar-refractivity contribution is 0.703. The van der Waals surface area contributed by atoms with E-state index in [0.717, 1.165) is 11.4 Å². The average molecular weight is 252 g/mol. The third kappa shape index (κ3) is 2.62. The summed E-state index contributed by atoms with van der Waals surface area (Å²) >= 11 is 5.66. The summed E-state index contributed by atoms with van der Waals surface area (Å²) in [6, 6.07) is 5.53. The second-order valence-electron chi connectivity index (χ2n) is 3.63. The summed E-state index contributed by atoms with van der Waals surface area (Å²) in [5.74, 6) is 0. The van der Waals surface area contributed by atoms with E-state index >= 15 is 0 Å². The van der Waals surface area contributed by atoms with Crippen LogP contribution in [0.1, 0.15) is 11.4 Å². The van der Waals surface area contributed by atoms with E-state index in [9.17, 15) is 9.59 Å². The lowest BCUT2D eigenvalue weighted by atomic mass is 10.3. The quantitative estimate of drug-likeness (QED) is 0.864. The van der Waals surface area contributed by atoms with Crippen LogP contribution in [0.2, 0.25) is 5.02 Å². The fourth-order valence-electron chi connectivity index (χ4n) is 1.46. The molecule has 0 radical (unpaired) electrons. The maximum absolute atomic E-state index is 11.5. The van der Waals surface area contributed by atoms with Gasteiger partial charge in [0.15, 0.2) is 0 Å². The van der Waals surface area contributed by atoms with Crippen molar-refractivity contribution in [2.75, 3.05) is 0 Å². The molecule has 0 bridgehead atoms. The molecule has 2 heterocycles. The highest BCUT2D eigenvalue weighted by atomic mass is 35.5. The zero-order valence-electron chi connectivity index (χ0n) is 9.11. The number of aromatic amines is 1. The number of halogens is 1. The van der Waals surface area contributed by atoms with E-state index in [1.807, 2.05) is 19.1 Å². The second-order valence-corrected chi connectivity index (χ2v) is 4.04. The smallest absolute Gasteiger partial charge is 0.293 e. The van der Waals surface area contributed by atoms with E-state index in [1.165, 1.54) is 10.8 Å². The first kappa shape index (κ1) is 11.6. The van der Waals surface area contributed by atoms with Gasteiger partial charge >= 0.3 is 5.69 Å². The standard InChI is InChI=1S/C11H10ClN3O2/c1-7-3-2-4-8(13-7)5-15-6-9(12)10(16)14-11(15)17/h2-4,6H,5H2,1H3,(H,14,16,17). The maximum Gasteiger partial charge on any atom is 0.328 e. The average Bonchev–Trinajstić information content (AvgIpc) is 2.26. The van der Waals surface area contributed by atoms with Gasteiger partial charge in [0.1, 0.15) is 5.02 Å². The number of hydrogen-bond acceptors (Lipinski definition) is 3. The van der Waals surface area contributed by atoms with E-state index in [2.05, 4.69) is 9.97 Å². The molecule has 1 N–H and O–H groups in total. The molecule has 17 heavy (non-hydrogen) atoms. The highest BCUT2D eigenvalue weighted by Crippen LogP contribution is 2.01. The minimum absolute atomic E-state index is 0.0164. The summed E-state index contributed by atoms with van der Waals surface area (Å²) in [4.78, 5) is 29.0. The zero-order valence-corrected chi connectivity index (χ0v) is 9.86. The molecule has 0 fully saturated rings. The minimum atomic E-state index is -0.579. The highest BCUT2D eigenvalue weighted by Gasteiger charge is 2.03. The van der Waals surface area contributed by atoms with Crippen LogP contribution < -0.4 is 11.2 Å². The molecule has 5 nitrogen and oxygen atoms in total. The van der Waals surface area contributed by atoms with Crippen LogP contribution in [0.5, 0.6) is 0 Å². The summed E-state index contributed by atoms with van der Waals surface area (Å²) in [6.45, 7) is 2.14. The molecule has 0 spiro atoms. The first-order valence-electron chi connectivity index (χ1n) is 4.98. The molecule has 2 rings (SSSR count). The van der Waals surface area contributed by atoms with Gasteiger partial charge in [-0.2, -0.15) is 0 Å². The molecule has 2 aromatic rings. The molecule has 0 aliphatic rings. The molecule has 0 atom stereocenters. The molecule has 0 unspecified atom stereocenters. The van der Waals surface area contributed by atoms with Crippen LogP contribution in [0, 0.1) is 6.92 Å². The molecule has 0 saturated carbocycles. The van der Waals surface area contributed by atoms with Gasteiger partial charge in [0.25, 0.3) is 5.56 Å². The van der Waals surface area contributed by atoms with Crippen molar-refractivity contribution in [3.05, 3.63) is 61.6 Å². The van der Waals surface area contributed by atoms with E-state index in [0.29, 0.717) is 0 Å². The molecule has 0 aliphatic carbocycles. The number of aryl methyl sites for hydroxylation is 1. The molecule has 6 heteroatoms. The van der Waals surface area contributed by atoms with Crippen LogP contribution in [-0.2, 0) is 6.54 Å². The molecular formula is C11H10ClN3O2. The Morgan fingerprint density at radius 1 is 1.41 bits per heavy atom. The Morgan fingerprint density at radius 2 is 2.18 bits per heavy atom. The molecule has 2 aromatic heterocycles. The van der Waals surface area contributed by atoms with Crippen molar-refractivity contribution in [1.82, 2.24) is 14.5 Å². The van der Waals surface area contributed by atoms with Gasteiger partial charge < -0.3 is 0 Å². The Morgan fingerprint density at radius 3 is 2.88 bits per heavy atom. The van der Waals surface area contributed by atoms with Crippen molar-refractivity contribution in [1.29, 1.82) is 0 Å². The van der Waals surface area contributed by atoms with Crippen LogP contribution in [0.15, 0.2) is 34.0 Å². The van der Waals surface area contributed by atoms with Gasteiger partial charge in [-0.1, -0.05) is 17.7 Å². The normalized spacial score (nSPS) is 10.5. The summed E-state index contributed by atoms with van der Waals surface area (Å²) in [6.07, 6.45) is 1.31. The number of pyridine rings is 1. The maximum atomic E-state index is 11.5. The Kier molecular flexibility index (Phi) is 3.10. The number of rotatable bonds is 2. The highest BCUT2D eigenvalue weighted by molar-refractivity contribution is 6.30. The first-order chi connectivity index (χ1) is 8.06. The fourth-order valence-corrected chi connectivity index (χ4v) is 1.63. The van der Waals surface area contributed by atoms with E-state index in [-0.39, 0.29) is 11.6 Å².